The van der Waals surface area contributed by atoms with Gasteiger partial charge in [0.1, 0.15) is 0 Å². The Hall–Kier alpha value is -1.51. The van der Waals surface area contributed by atoms with Gasteiger partial charge in [0.15, 0.2) is 0 Å². The molecule has 0 radical (unpaired) electrons. The van der Waals surface area contributed by atoms with Gasteiger partial charge in [-0.2, -0.15) is 0 Å². The Morgan fingerprint density at radius 3 is 3.11 bits per heavy atom. The van der Waals surface area contributed by atoms with Gasteiger partial charge in [-0.15, -0.1) is 0 Å². The van der Waals surface area contributed by atoms with E-state index in [9.17, 15) is 0 Å². The molecule has 19 heavy (non-hydrogen) atoms. The molecule has 0 aliphatic heterocycles. The van der Waals surface area contributed by atoms with Crippen LogP contribution in [0.4, 0.5) is 5.69 Å². The molecule has 3 rings (SSSR count). The predicted octanol–water partition coefficient (Wildman–Crippen LogP) is 3.83. The first-order valence-corrected chi connectivity index (χ1v) is 7.43. The lowest BCUT2D eigenvalue weighted by Crippen LogP contribution is -2.15. The number of nitrogens with zero attached hydrogens (tertiary/aromatic N) is 2. The van der Waals surface area contributed by atoms with Crippen molar-refractivity contribution in [3.63, 3.8) is 0 Å². The van der Waals surface area contributed by atoms with Gasteiger partial charge < -0.3 is 10.3 Å². The van der Waals surface area contributed by atoms with Crippen molar-refractivity contribution in [3.8, 4) is 0 Å². The molecule has 2 atom stereocenters. The van der Waals surface area contributed by atoms with Crippen molar-refractivity contribution >= 4 is 16.7 Å². The van der Waals surface area contributed by atoms with E-state index >= 15 is 0 Å². The molecule has 0 saturated heterocycles. The molecule has 0 spiro atoms. The Balaban J connectivity index is 1.68. The van der Waals surface area contributed by atoms with Crippen molar-refractivity contribution in [3.05, 3.63) is 24.5 Å². The summed E-state index contributed by atoms with van der Waals surface area (Å²) in [4.78, 5) is 4.44. The highest BCUT2D eigenvalue weighted by Gasteiger charge is 2.18. The predicted molar refractivity (Wildman–Crippen MR) is 79.9 cm³/mol. The first-order valence-electron chi connectivity index (χ1n) is 7.43. The van der Waals surface area contributed by atoms with Crippen molar-refractivity contribution in [1.82, 2.24) is 9.55 Å². The fraction of sp³-hybridized carbons (Fsp3) is 0.562. The number of fused-ring (bicyclic) bond motifs is 1. The van der Waals surface area contributed by atoms with Crippen molar-refractivity contribution in [2.45, 2.75) is 45.6 Å². The minimum absolute atomic E-state index is 0.791. The second-order valence-electron chi connectivity index (χ2n) is 6.11. The standard InChI is InChI=1S/C16H23N3/c1-12-3-2-4-13(9-12)7-8-19-11-18-15-10-14(17)5-6-16(15)19/h5-6,10-13H,2-4,7-9,17H2,1H3. The van der Waals surface area contributed by atoms with Crippen LogP contribution >= 0.6 is 0 Å². The second-order valence-corrected chi connectivity index (χ2v) is 6.11. The van der Waals surface area contributed by atoms with Gasteiger partial charge in [-0.3, -0.25) is 0 Å². The third-order valence-electron chi connectivity index (χ3n) is 4.47. The molecule has 2 N–H and O–H groups in total. The molecule has 1 aliphatic rings. The molecule has 1 aromatic heterocycles. The maximum Gasteiger partial charge on any atom is 0.0958 e. The number of imidazole rings is 1. The zero-order valence-electron chi connectivity index (χ0n) is 11.7. The van der Waals surface area contributed by atoms with Crippen LogP contribution in [0.15, 0.2) is 24.5 Å². The van der Waals surface area contributed by atoms with Gasteiger partial charge in [0.25, 0.3) is 0 Å². The second kappa shape index (κ2) is 5.24. The van der Waals surface area contributed by atoms with Gasteiger partial charge >= 0.3 is 0 Å². The Bertz CT molecular complexity index is 558. The maximum absolute atomic E-state index is 5.79. The lowest BCUT2D eigenvalue weighted by molar-refractivity contribution is 0.262. The molecule has 1 fully saturated rings. The van der Waals surface area contributed by atoms with Crippen LogP contribution in [0.25, 0.3) is 11.0 Å². The van der Waals surface area contributed by atoms with E-state index in [-0.39, 0.29) is 0 Å². The molecule has 1 saturated carbocycles. The summed E-state index contributed by atoms with van der Waals surface area (Å²) in [5.41, 5.74) is 8.80. The highest BCUT2D eigenvalue weighted by molar-refractivity contribution is 5.78. The van der Waals surface area contributed by atoms with E-state index < -0.39 is 0 Å². The summed E-state index contributed by atoms with van der Waals surface area (Å²) in [7, 11) is 0. The number of benzene rings is 1. The highest BCUT2D eigenvalue weighted by atomic mass is 15.0. The first kappa shape index (κ1) is 12.5. The Kier molecular flexibility index (Phi) is 3.45. The summed E-state index contributed by atoms with van der Waals surface area (Å²) in [5, 5.41) is 0. The smallest absolute Gasteiger partial charge is 0.0958 e. The van der Waals surface area contributed by atoms with Crippen LogP contribution in [-0.2, 0) is 6.54 Å². The third-order valence-corrected chi connectivity index (χ3v) is 4.47. The molecule has 3 nitrogen and oxygen atoms in total. The molecule has 1 heterocycles. The number of nitrogens with two attached hydrogens (primary N) is 1. The number of aryl methyl sites for hydroxylation is 1. The van der Waals surface area contributed by atoms with Crippen LogP contribution in [0, 0.1) is 11.8 Å². The molecule has 0 amide bonds. The van der Waals surface area contributed by atoms with Gasteiger partial charge in [0.05, 0.1) is 17.4 Å². The SMILES string of the molecule is CC1CCCC(CCn2cnc3cc(N)ccc32)C1. The van der Waals surface area contributed by atoms with E-state index in [1.54, 1.807) is 0 Å². The number of anilines is 1. The van der Waals surface area contributed by atoms with Crippen molar-refractivity contribution in [1.29, 1.82) is 0 Å². The molecule has 2 aromatic rings. The van der Waals surface area contributed by atoms with Crippen LogP contribution < -0.4 is 5.73 Å². The van der Waals surface area contributed by atoms with Crippen molar-refractivity contribution < 1.29 is 0 Å². The first-order chi connectivity index (χ1) is 9.22. The van der Waals surface area contributed by atoms with E-state index in [2.05, 4.69) is 22.5 Å². The molecule has 102 valence electrons. The van der Waals surface area contributed by atoms with E-state index in [0.717, 1.165) is 29.6 Å². The minimum Gasteiger partial charge on any atom is -0.399 e. The fourth-order valence-corrected chi connectivity index (χ4v) is 3.40. The average molecular weight is 257 g/mol. The third kappa shape index (κ3) is 2.75. The van der Waals surface area contributed by atoms with Crippen LogP contribution in [0.5, 0.6) is 0 Å². The summed E-state index contributed by atoms with van der Waals surface area (Å²) in [5.74, 6) is 1.81. The van der Waals surface area contributed by atoms with E-state index in [4.69, 9.17) is 5.73 Å². The number of aromatic nitrogens is 2. The van der Waals surface area contributed by atoms with Crippen LogP contribution in [-0.4, -0.2) is 9.55 Å². The fourth-order valence-electron chi connectivity index (χ4n) is 3.40. The average Bonchev–Trinajstić information content (AvgIpc) is 2.78. The lowest BCUT2D eigenvalue weighted by atomic mass is 9.81. The largest absolute Gasteiger partial charge is 0.399 e. The summed E-state index contributed by atoms with van der Waals surface area (Å²) >= 11 is 0. The van der Waals surface area contributed by atoms with Crippen molar-refractivity contribution in [2.75, 3.05) is 5.73 Å². The molecular formula is C16H23N3. The molecule has 3 heteroatoms. The van der Waals surface area contributed by atoms with Crippen LogP contribution in [0.2, 0.25) is 0 Å². The summed E-state index contributed by atoms with van der Waals surface area (Å²) in [6, 6.07) is 6.00. The monoisotopic (exact) mass is 257 g/mol. The molecule has 1 aliphatic carbocycles. The Labute approximate surface area is 114 Å². The molecular weight excluding hydrogens is 234 g/mol. The van der Waals surface area contributed by atoms with E-state index in [0.29, 0.717) is 0 Å². The molecule has 1 aromatic carbocycles. The zero-order valence-corrected chi connectivity index (χ0v) is 11.7. The Morgan fingerprint density at radius 1 is 1.37 bits per heavy atom. The van der Waals surface area contributed by atoms with Crippen LogP contribution in [0.3, 0.4) is 0 Å². The summed E-state index contributed by atoms with van der Waals surface area (Å²) in [6.07, 6.45) is 8.87. The summed E-state index contributed by atoms with van der Waals surface area (Å²) in [6.45, 7) is 3.47. The van der Waals surface area contributed by atoms with Crippen molar-refractivity contribution in [2.24, 2.45) is 11.8 Å². The normalized spacial score (nSPS) is 23.8. The zero-order chi connectivity index (χ0) is 13.2. The van der Waals surface area contributed by atoms with Gasteiger partial charge in [-0.05, 0) is 42.9 Å². The van der Waals surface area contributed by atoms with Gasteiger partial charge in [-0.1, -0.05) is 26.2 Å². The number of rotatable bonds is 3. The highest BCUT2D eigenvalue weighted by Crippen LogP contribution is 2.31. The van der Waals surface area contributed by atoms with E-state index in [1.807, 2.05) is 18.5 Å². The Morgan fingerprint density at radius 2 is 2.26 bits per heavy atom. The number of nitrogen functional groups attached to an aromatic ring is 1. The summed E-state index contributed by atoms with van der Waals surface area (Å²) < 4.78 is 2.27. The number of hydrogen-bond donors (Lipinski definition) is 1. The topological polar surface area (TPSA) is 43.8 Å². The molecule has 0 bridgehead atoms. The maximum atomic E-state index is 5.79. The lowest BCUT2D eigenvalue weighted by Gasteiger charge is -2.26. The van der Waals surface area contributed by atoms with Gasteiger partial charge in [0, 0.05) is 12.2 Å². The quantitative estimate of drug-likeness (QED) is 0.849. The number of hydrogen-bond acceptors (Lipinski definition) is 2. The minimum atomic E-state index is 0.791. The van der Waals surface area contributed by atoms with E-state index in [1.165, 1.54) is 37.6 Å². The van der Waals surface area contributed by atoms with Crippen LogP contribution in [0.1, 0.15) is 39.0 Å². The van der Waals surface area contributed by atoms with Gasteiger partial charge in [0.2, 0.25) is 0 Å². The molecule has 2 unspecified atom stereocenters. The van der Waals surface area contributed by atoms with Gasteiger partial charge in [-0.25, -0.2) is 4.98 Å².